The molecule has 4 rings (SSSR count). The lowest BCUT2D eigenvalue weighted by Crippen LogP contribution is -2.43. The lowest BCUT2D eigenvalue weighted by atomic mass is 10.1. The van der Waals surface area contributed by atoms with Crippen LogP contribution in [-0.2, 0) is 20.8 Å². The molecule has 0 saturated carbocycles. The van der Waals surface area contributed by atoms with E-state index in [-0.39, 0.29) is 17.5 Å². The van der Waals surface area contributed by atoms with Gasteiger partial charge in [-0.1, -0.05) is 41.9 Å². The molecule has 0 unspecified atom stereocenters. The highest BCUT2D eigenvalue weighted by Crippen LogP contribution is 2.35. The molecule has 10 heteroatoms. The average Bonchev–Trinajstić information content (AvgIpc) is 3.27. The van der Waals surface area contributed by atoms with Crippen molar-refractivity contribution in [2.24, 2.45) is 10.3 Å². The number of hydrogen-bond donors (Lipinski definition) is 1. The molecule has 2 heterocycles. The predicted octanol–water partition coefficient (Wildman–Crippen LogP) is 2.84. The van der Waals surface area contributed by atoms with Crippen LogP contribution in [-0.4, -0.2) is 48.5 Å². The van der Waals surface area contributed by atoms with Crippen LogP contribution >= 0.6 is 11.6 Å². The molecule has 0 aliphatic carbocycles. The van der Waals surface area contributed by atoms with E-state index >= 15 is 0 Å². The van der Waals surface area contributed by atoms with E-state index in [1.54, 1.807) is 12.1 Å². The Morgan fingerprint density at radius 3 is 2.68 bits per heavy atom. The van der Waals surface area contributed by atoms with E-state index in [2.05, 4.69) is 15.7 Å². The van der Waals surface area contributed by atoms with Crippen molar-refractivity contribution in [1.29, 1.82) is 0 Å². The van der Waals surface area contributed by atoms with Gasteiger partial charge in [-0.2, -0.15) is 5.11 Å². The first-order valence-electron chi connectivity index (χ1n) is 9.71. The number of benzene rings is 2. The van der Waals surface area contributed by atoms with Crippen molar-refractivity contribution in [3.8, 4) is 5.75 Å². The Kier molecular flexibility index (Phi) is 5.60. The number of anilines is 2. The molecule has 31 heavy (non-hydrogen) atoms. The van der Waals surface area contributed by atoms with Crippen molar-refractivity contribution in [2.75, 3.05) is 23.9 Å². The number of carbonyl (C=O) groups is 3. The van der Waals surface area contributed by atoms with Crippen molar-refractivity contribution in [2.45, 2.75) is 25.4 Å². The zero-order chi connectivity index (χ0) is 22.1. The van der Waals surface area contributed by atoms with Crippen LogP contribution in [0.1, 0.15) is 12.5 Å². The van der Waals surface area contributed by atoms with Gasteiger partial charge >= 0.3 is 0 Å². The zero-order valence-electron chi connectivity index (χ0n) is 16.9. The first-order valence-corrected chi connectivity index (χ1v) is 10.1. The van der Waals surface area contributed by atoms with E-state index in [4.69, 9.17) is 16.3 Å². The van der Waals surface area contributed by atoms with Crippen molar-refractivity contribution in [1.82, 2.24) is 5.01 Å². The van der Waals surface area contributed by atoms with Crippen LogP contribution in [0.25, 0.3) is 0 Å². The van der Waals surface area contributed by atoms with Gasteiger partial charge in [0, 0.05) is 5.69 Å². The maximum absolute atomic E-state index is 13.1. The Hall–Kier alpha value is -3.46. The Balaban J connectivity index is 1.50. The van der Waals surface area contributed by atoms with Crippen molar-refractivity contribution >= 4 is 40.7 Å². The van der Waals surface area contributed by atoms with E-state index in [9.17, 15) is 14.4 Å². The SMILES string of the molecule is CCc1ccccc1NC(=O)CN1N=N[C@H]2C(=O)N(c3ccc(OC)c(Cl)c3)C(=O)[C@H]21. The number of fused-ring (bicyclic) bond motifs is 1. The van der Waals surface area contributed by atoms with Crippen LogP contribution in [0.2, 0.25) is 5.02 Å². The summed E-state index contributed by atoms with van der Waals surface area (Å²) in [4.78, 5) is 39.5. The van der Waals surface area contributed by atoms with Gasteiger partial charge in [-0.25, -0.2) is 4.90 Å². The van der Waals surface area contributed by atoms with Crippen LogP contribution in [0.3, 0.4) is 0 Å². The van der Waals surface area contributed by atoms with Gasteiger partial charge in [0.2, 0.25) is 5.91 Å². The molecule has 160 valence electrons. The van der Waals surface area contributed by atoms with Crippen LogP contribution in [0.5, 0.6) is 5.75 Å². The molecule has 1 fully saturated rings. The van der Waals surface area contributed by atoms with Crippen molar-refractivity contribution < 1.29 is 19.1 Å². The smallest absolute Gasteiger partial charge is 0.263 e. The third-order valence-electron chi connectivity index (χ3n) is 5.23. The maximum Gasteiger partial charge on any atom is 0.263 e. The number of methoxy groups -OCH3 is 1. The molecule has 0 bridgehead atoms. The van der Waals surface area contributed by atoms with E-state index in [0.717, 1.165) is 16.9 Å². The minimum atomic E-state index is -0.996. The Bertz CT molecular complexity index is 1090. The number of hydrogen-bond acceptors (Lipinski definition) is 7. The standard InChI is InChI=1S/C21H20ClN5O4/c1-3-12-6-4-5-7-15(12)23-17(28)11-26-19-18(24-25-26)20(29)27(21(19)30)13-8-9-16(31-2)14(22)10-13/h4-10,18-19H,3,11H2,1-2H3,(H,23,28)/t18-,19+/m1/s1. The van der Waals surface area contributed by atoms with Crippen LogP contribution in [0.15, 0.2) is 52.8 Å². The summed E-state index contributed by atoms with van der Waals surface area (Å²) in [5, 5.41) is 12.2. The molecule has 1 saturated heterocycles. The van der Waals surface area contributed by atoms with E-state index < -0.39 is 23.9 Å². The quantitative estimate of drug-likeness (QED) is 0.694. The molecular formula is C21H20ClN5O4. The van der Waals surface area contributed by atoms with Gasteiger partial charge < -0.3 is 10.1 Å². The van der Waals surface area contributed by atoms with Gasteiger partial charge in [-0.15, -0.1) is 0 Å². The monoisotopic (exact) mass is 441 g/mol. The fraction of sp³-hybridized carbons (Fsp3) is 0.286. The lowest BCUT2D eigenvalue weighted by molar-refractivity contribution is -0.123. The number of carbonyl (C=O) groups excluding carboxylic acids is 3. The minimum Gasteiger partial charge on any atom is -0.495 e. The van der Waals surface area contributed by atoms with E-state index in [1.807, 2.05) is 31.2 Å². The summed E-state index contributed by atoms with van der Waals surface area (Å²) < 4.78 is 5.11. The van der Waals surface area contributed by atoms with Gasteiger partial charge in [0.15, 0.2) is 12.1 Å². The number of aryl methyl sites for hydroxylation is 1. The molecule has 0 aromatic heterocycles. The molecule has 3 amide bonds. The maximum atomic E-state index is 13.1. The molecule has 9 nitrogen and oxygen atoms in total. The molecule has 2 atom stereocenters. The molecular weight excluding hydrogens is 422 g/mol. The average molecular weight is 442 g/mol. The third kappa shape index (κ3) is 3.72. The molecule has 0 spiro atoms. The highest BCUT2D eigenvalue weighted by molar-refractivity contribution is 6.33. The van der Waals surface area contributed by atoms with Gasteiger partial charge in [-0.3, -0.25) is 19.4 Å². The van der Waals surface area contributed by atoms with Gasteiger partial charge in [0.25, 0.3) is 11.8 Å². The Labute approximate surface area is 183 Å². The number of imide groups is 1. The molecule has 2 aliphatic heterocycles. The lowest BCUT2D eigenvalue weighted by Gasteiger charge is -2.20. The molecule has 0 radical (unpaired) electrons. The number of nitrogens with one attached hydrogen (secondary N) is 1. The third-order valence-corrected chi connectivity index (χ3v) is 5.52. The second kappa shape index (κ2) is 8.35. The normalized spacial score (nSPS) is 19.7. The van der Waals surface area contributed by atoms with Crippen molar-refractivity contribution in [3.63, 3.8) is 0 Å². The van der Waals surface area contributed by atoms with E-state index in [0.29, 0.717) is 17.1 Å². The molecule has 2 aromatic carbocycles. The summed E-state index contributed by atoms with van der Waals surface area (Å²) in [7, 11) is 1.47. The summed E-state index contributed by atoms with van der Waals surface area (Å²) in [6.45, 7) is 1.78. The zero-order valence-corrected chi connectivity index (χ0v) is 17.7. The number of amides is 3. The first kappa shape index (κ1) is 20.8. The number of rotatable bonds is 6. The fourth-order valence-electron chi connectivity index (χ4n) is 3.69. The Morgan fingerprint density at radius 2 is 1.97 bits per heavy atom. The number of ether oxygens (including phenoxy) is 1. The highest BCUT2D eigenvalue weighted by atomic mass is 35.5. The molecule has 1 N–H and O–H groups in total. The number of para-hydroxylation sites is 1. The summed E-state index contributed by atoms with van der Waals surface area (Å²) >= 11 is 6.14. The molecule has 2 aromatic rings. The summed E-state index contributed by atoms with van der Waals surface area (Å²) in [6, 6.07) is 10.1. The minimum absolute atomic E-state index is 0.209. The van der Waals surface area contributed by atoms with Crippen molar-refractivity contribution in [3.05, 3.63) is 53.1 Å². The summed E-state index contributed by atoms with van der Waals surface area (Å²) in [6.07, 6.45) is 0.761. The van der Waals surface area contributed by atoms with Crippen LogP contribution < -0.4 is 15.0 Å². The largest absolute Gasteiger partial charge is 0.495 e. The number of halogens is 1. The van der Waals surface area contributed by atoms with Crippen LogP contribution in [0, 0.1) is 0 Å². The summed E-state index contributed by atoms with van der Waals surface area (Å²) in [5.74, 6) is -0.955. The van der Waals surface area contributed by atoms with E-state index in [1.165, 1.54) is 18.2 Å². The molecule has 2 aliphatic rings. The van der Waals surface area contributed by atoms with Crippen LogP contribution in [0.4, 0.5) is 11.4 Å². The topological polar surface area (TPSA) is 104 Å². The van der Waals surface area contributed by atoms with Gasteiger partial charge in [-0.05, 0) is 36.2 Å². The second-order valence-corrected chi connectivity index (χ2v) is 7.49. The Morgan fingerprint density at radius 1 is 1.19 bits per heavy atom. The highest BCUT2D eigenvalue weighted by Gasteiger charge is 2.55. The fourth-order valence-corrected chi connectivity index (χ4v) is 3.94. The predicted molar refractivity (Wildman–Crippen MR) is 114 cm³/mol. The van der Waals surface area contributed by atoms with Gasteiger partial charge in [0.1, 0.15) is 12.3 Å². The number of nitrogens with zero attached hydrogens (tertiary/aromatic N) is 4. The second-order valence-electron chi connectivity index (χ2n) is 7.08. The summed E-state index contributed by atoms with van der Waals surface area (Å²) in [5.41, 5.74) is 2.00. The van der Waals surface area contributed by atoms with Gasteiger partial charge in [0.05, 0.1) is 17.8 Å². The first-order chi connectivity index (χ1) is 14.9.